The largest absolute Gasteiger partial charge is 0.436 e. The first-order chi connectivity index (χ1) is 11.2. The van der Waals surface area contributed by atoms with Crippen molar-refractivity contribution in [1.29, 1.82) is 0 Å². The highest BCUT2D eigenvalue weighted by molar-refractivity contribution is 6.32. The summed E-state index contributed by atoms with van der Waals surface area (Å²) in [4.78, 5) is 12.2. The van der Waals surface area contributed by atoms with Gasteiger partial charge in [0.15, 0.2) is 5.69 Å². The fourth-order valence-electron chi connectivity index (χ4n) is 4.31. The SMILES string of the molecule is Cc1c(Cl)c(C(F)(F)F)nn1CC(=O)N[C@H](C)[C@H]1C[C@H]2CC[C@H]1C2. The minimum absolute atomic E-state index is 0.0289. The van der Waals surface area contributed by atoms with Gasteiger partial charge >= 0.3 is 6.18 Å². The zero-order chi connectivity index (χ0) is 17.6. The van der Waals surface area contributed by atoms with Crippen LogP contribution in [0.5, 0.6) is 0 Å². The van der Waals surface area contributed by atoms with Crippen molar-refractivity contribution >= 4 is 17.5 Å². The van der Waals surface area contributed by atoms with Crippen LogP contribution < -0.4 is 5.32 Å². The summed E-state index contributed by atoms with van der Waals surface area (Å²) < 4.78 is 39.5. The fraction of sp³-hybridized carbons (Fsp3) is 0.750. The molecule has 2 aliphatic rings. The summed E-state index contributed by atoms with van der Waals surface area (Å²) in [5, 5.41) is 5.94. The van der Waals surface area contributed by atoms with Crippen molar-refractivity contribution in [2.24, 2.45) is 17.8 Å². The van der Waals surface area contributed by atoms with E-state index in [4.69, 9.17) is 11.6 Å². The molecular formula is C16H21ClF3N3O. The number of hydrogen-bond donors (Lipinski definition) is 1. The third kappa shape index (κ3) is 3.27. The second-order valence-electron chi connectivity index (χ2n) is 7.10. The lowest BCUT2D eigenvalue weighted by Crippen LogP contribution is -2.41. The number of nitrogens with zero attached hydrogens (tertiary/aromatic N) is 2. The monoisotopic (exact) mass is 363 g/mol. The highest BCUT2D eigenvalue weighted by Gasteiger charge is 2.42. The van der Waals surface area contributed by atoms with Gasteiger partial charge in [0.2, 0.25) is 5.91 Å². The summed E-state index contributed by atoms with van der Waals surface area (Å²) in [5.74, 6) is 1.59. The van der Waals surface area contributed by atoms with Gasteiger partial charge in [-0.15, -0.1) is 0 Å². The van der Waals surface area contributed by atoms with E-state index in [9.17, 15) is 18.0 Å². The number of amides is 1. The average molecular weight is 364 g/mol. The molecule has 134 valence electrons. The Kier molecular flexibility index (Phi) is 4.57. The molecule has 1 N–H and O–H groups in total. The van der Waals surface area contributed by atoms with Crippen LogP contribution in [0.15, 0.2) is 0 Å². The van der Waals surface area contributed by atoms with Crippen molar-refractivity contribution in [1.82, 2.24) is 15.1 Å². The van der Waals surface area contributed by atoms with Gasteiger partial charge < -0.3 is 5.32 Å². The summed E-state index contributed by atoms with van der Waals surface area (Å²) in [5.41, 5.74) is -0.998. The molecule has 0 saturated heterocycles. The maximum absolute atomic E-state index is 12.8. The molecule has 2 aliphatic carbocycles. The van der Waals surface area contributed by atoms with Gasteiger partial charge in [-0.25, -0.2) is 0 Å². The summed E-state index contributed by atoms with van der Waals surface area (Å²) in [6, 6.07) is 0.0289. The second kappa shape index (κ2) is 6.24. The second-order valence-corrected chi connectivity index (χ2v) is 7.48. The van der Waals surface area contributed by atoms with Gasteiger partial charge in [-0.1, -0.05) is 18.0 Å². The van der Waals surface area contributed by atoms with Crippen LogP contribution >= 0.6 is 11.6 Å². The van der Waals surface area contributed by atoms with Crippen LogP contribution in [0.25, 0.3) is 0 Å². The Labute approximate surface area is 143 Å². The molecule has 0 aromatic carbocycles. The van der Waals surface area contributed by atoms with Crippen LogP contribution in [0.2, 0.25) is 5.02 Å². The fourth-order valence-corrected chi connectivity index (χ4v) is 4.55. The average Bonchev–Trinajstić information content (AvgIpc) is 3.17. The summed E-state index contributed by atoms with van der Waals surface area (Å²) in [6.45, 7) is 3.15. The lowest BCUT2D eigenvalue weighted by molar-refractivity contribution is -0.141. The minimum Gasteiger partial charge on any atom is -0.352 e. The minimum atomic E-state index is -4.63. The number of carbonyl (C=O) groups is 1. The molecule has 2 saturated carbocycles. The standard InChI is InChI=1S/C16H21ClF3N3O/c1-8(12-6-10-3-4-11(12)5-10)21-13(24)7-23-9(2)14(17)15(22-23)16(18,19)20/h8,10-12H,3-7H2,1-2H3,(H,21,24)/t8-,10+,11+,12-/m1/s1. The number of carbonyl (C=O) groups excluding carboxylic acids is 1. The third-order valence-electron chi connectivity index (χ3n) is 5.52. The quantitative estimate of drug-likeness (QED) is 0.884. The highest BCUT2D eigenvalue weighted by Crippen LogP contribution is 2.49. The lowest BCUT2D eigenvalue weighted by atomic mass is 9.84. The van der Waals surface area contributed by atoms with Gasteiger partial charge in [0.25, 0.3) is 0 Å². The molecule has 0 radical (unpaired) electrons. The van der Waals surface area contributed by atoms with E-state index in [-0.39, 0.29) is 24.2 Å². The molecule has 3 rings (SSSR count). The van der Waals surface area contributed by atoms with E-state index < -0.39 is 16.9 Å². The number of rotatable bonds is 4. The molecule has 1 aromatic heterocycles. The molecule has 24 heavy (non-hydrogen) atoms. The van der Waals surface area contributed by atoms with Crippen LogP contribution in [0.3, 0.4) is 0 Å². The maximum Gasteiger partial charge on any atom is 0.436 e. The van der Waals surface area contributed by atoms with E-state index in [2.05, 4.69) is 10.4 Å². The van der Waals surface area contributed by atoms with Crippen LogP contribution in [-0.2, 0) is 17.5 Å². The highest BCUT2D eigenvalue weighted by atomic mass is 35.5. The predicted octanol–water partition coefficient (Wildman–Crippen LogP) is 3.80. The number of nitrogens with one attached hydrogen (secondary N) is 1. The third-order valence-corrected chi connectivity index (χ3v) is 5.97. The Morgan fingerprint density at radius 3 is 2.62 bits per heavy atom. The first-order valence-electron chi connectivity index (χ1n) is 8.26. The normalized spacial score (nSPS) is 27.5. The lowest BCUT2D eigenvalue weighted by Gasteiger charge is -2.28. The molecule has 2 bridgehead atoms. The molecule has 0 spiro atoms. The molecule has 1 heterocycles. The molecule has 2 fully saturated rings. The van der Waals surface area contributed by atoms with Crippen LogP contribution in [-0.4, -0.2) is 21.7 Å². The van der Waals surface area contributed by atoms with Crippen molar-refractivity contribution in [3.8, 4) is 0 Å². The molecule has 4 nitrogen and oxygen atoms in total. The Bertz CT molecular complexity index is 643. The van der Waals surface area contributed by atoms with Crippen LogP contribution in [0.4, 0.5) is 13.2 Å². The maximum atomic E-state index is 12.8. The summed E-state index contributed by atoms with van der Waals surface area (Å²) in [7, 11) is 0. The predicted molar refractivity (Wildman–Crippen MR) is 83.5 cm³/mol. The van der Waals surface area contributed by atoms with E-state index in [0.29, 0.717) is 11.8 Å². The molecule has 0 unspecified atom stereocenters. The van der Waals surface area contributed by atoms with Crippen molar-refractivity contribution in [2.75, 3.05) is 0 Å². The topological polar surface area (TPSA) is 46.9 Å². The van der Waals surface area contributed by atoms with Crippen molar-refractivity contribution in [3.05, 3.63) is 16.4 Å². The van der Waals surface area contributed by atoms with Gasteiger partial charge in [-0.05, 0) is 50.9 Å². The number of fused-ring (bicyclic) bond motifs is 2. The van der Waals surface area contributed by atoms with Crippen molar-refractivity contribution in [2.45, 2.75) is 58.3 Å². The van der Waals surface area contributed by atoms with E-state index in [1.807, 2.05) is 6.92 Å². The molecule has 8 heteroatoms. The van der Waals surface area contributed by atoms with Gasteiger partial charge in [-0.2, -0.15) is 18.3 Å². The smallest absolute Gasteiger partial charge is 0.352 e. The van der Waals surface area contributed by atoms with E-state index in [1.54, 1.807) is 0 Å². The summed E-state index contributed by atoms with van der Waals surface area (Å²) in [6.07, 6.45) is 0.260. The van der Waals surface area contributed by atoms with Crippen LogP contribution in [0, 0.1) is 24.7 Å². The Morgan fingerprint density at radius 1 is 1.42 bits per heavy atom. The first kappa shape index (κ1) is 17.6. The zero-order valence-corrected chi connectivity index (χ0v) is 14.4. The van der Waals surface area contributed by atoms with Gasteiger partial charge in [0.1, 0.15) is 6.54 Å². The van der Waals surface area contributed by atoms with Crippen molar-refractivity contribution in [3.63, 3.8) is 0 Å². The van der Waals surface area contributed by atoms with E-state index in [0.717, 1.165) is 17.0 Å². The number of aromatic nitrogens is 2. The number of halogens is 4. The molecule has 1 aromatic rings. The first-order valence-corrected chi connectivity index (χ1v) is 8.64. The molecule has 1 amide bonds. The van der Waals surface area contributed by atoms with Gasteiger partial charge in [0, 0.05) is 6.04 Å². The Morgan fingerprint density at radius 2 is 2.12 bits per heavy atom. The Balaban J connectivity index is 1.63. The molecule has 4 atom stereocenters. The molecule has 0 aliphatic heterocycles. The molecular weight excluding hydrogens is 343 g/mol. The van der Waals surface area contributed by atoms with Gasteiger partial charge in [0.05, 0.1) is 10.7 Å². The van der Waals surface area contributed by atoms with Gasteiger partial charge in [-0.3, -0.25) is 9.48 Å². The van der Waals surface area contributed by atoms with Crippen LogP contribution in [0.1, 0.15) is 44.0 Å². The van der Waals surface area contributed by atoms with E-state index in [1.165, 1.54) is 26.2 Å². The Hall–Kier alpha value is -1.24. The zero-order valence-electron chi connectivity index (χ0n) is 13.7. The van der Waals surface area contributed by atoms with E-state index >= 15 is 0 Å². The summed E-state index contributed by atoms with van der Waals surface area (Å²) >= 11 is 5.70. The van der Waals surface area contributed by atoms with Crippen molar-refractivity contribution < 1.29 is 18.0 Å². The number of alkyl halides is 3. The number of hydrogen-bond acceptors (Lipinski definition) is 2.